The summed E-state index contributed by atoms with van der Waals surface area (Å²) in [5.74, 6) is 0.511. The number of nitrogens with two attached hydrogens (primary N) is 1. The Morgan fingerprint density at radius 2 is 1.88 bits per heavy atom. The van der Waals surface area contributed by atoms with Gasteiger partial charge in [0.2, 0.25) is 10.0 Å². The average molecular weight is 376 g/mol. The summed E-state index contributed by atoms with van der Waals surface area (Å²) < 4.78 is 22.5. The molecular formula is C18H24N4O3S. The van der Waals surface area contributed by atoms with Crippen molar-refractivity contribution in [1.82, 2.24) is 10.3 Å². The van der Waals surface area contributed by atoms with Crippen molar-refractivity contribution in [3.05, 3.63) is 53.7 Å². The summed E-state index contributed by atoms with van der Waals surface area (Å²) in [5.41, 5.74) is 1.54. The molecule has 8 heteroatoms. The van der Waals surface area contributed by atoms with Crippen LogP contribution in [-0.4, -0.2) is 32.4 Å². The number of nitrogens with zero attached hydrogens (tertiary/aromatic N) is 1. The van der Waals surface area contributed by atoms with E-state index in [2.05, 4.69) is 22.5 Å². The average Bonchev–Trinajstić information content (AvgIpc) is 2.62. The Labute approximate surface area is 154 Å². The van der Waals surface area contributed by atoms with E-state index >= 15 is 0 Å². The van der Waals surface area contributed by atoms with Crippen LogP contribution in [0.25, 0.3) is 0 Å². The number of hydrogen-bond acceptors (Lipinski definition) is 5. The van der Waals surface area contributed by atoms with Crippen molar-refractivity contribution in [3.8, 4) is 0 Å². The first-order chi connectivity index (χ1) is 12.4. The zero-order valence-electron chi connectivity index (χ0n) is 14.7. The summed E-state index contributed by atoms with van der Waals surface area (Å²) in [7, 11) is -3.67. The quantitative estimate of drug-likeness (QED) is 0.579. The van der Waals surface area contributed by atoms with Crippen molar-refractivity contribution in [2.24, 2.45) is 5.14 Å². The number of unbranched alkanes of at least 4 members (excludes halogenated alkanes) is 1. The van der Waals surface area contributed by atoms with Crippen molar-refractivity contribution < 1.29 is 13.2 Å². The molecule has 0 radical (unpaired) electrons. The molecule has 2 aromatic rings. The highest BCUT2D eigenvalue weighted by atomic mass is 32.2. The van der Waals surface area contributed by atoms with Crippen LogP contribution in [0, 0.1) is 0 Å². The van der Waals surface area contributed by atoms with Crippen molar-refractivity contribution in [2.75, 3.05) is 18.4 Å². The Bertz CT molecular complexity index is 836. The molecule has 0 aliphatic carbocycles. The van der Waals surface area contributed by atoms with E-state index in [1.54, 1.807) is 30.5 Å². The molecule has 0 aliphatic heterocycles. The fourth-order valence-corrected chi connectivity index (χ4v) is 2.85. The summed E-state index contributed by atoms with van der Waals surface area (Å²) in [6.45, 7) is 3.33. The molecule has 1 aromatic heterocycles. The topological polar surface area (TPSA) is 114 Å². The number of anilines is 1. The normalized spacial score (nSPS) is 11.2. The number of nitrogens with one attached hydrogen (secondary N) is 2. The first-order valence-corrected chi connectivity index (χ1v) is 10.0. The molecule has 1 aromatic carbocycles. The molecule has 0 spiro atoms. The van der Waals surface area contributed by atoms with Crippen LogP contribution in [0.4, 0.5) is 5.82 Å². The van der Waals surface area contributed by atoms with Crippen LogP contribution in [-0.2, 0) is 16.4 Å². The Morgan fingerprint density at radius 1 is 1.15 bits per heavy atom. The Hall–Kier alpha value is -2.45. The number of amides is 1. The summed E-state index contributed by atoms with van der Waals surface area (Å²) in [6.07, 6.45) is 4.26. The second kappa shape index (κ2) is 9.30. The molecule has 0 unspecified atom stereocenters. The molecule has 26 heavy (non-hydrogen) atoms. The van der Waals surface area contributed by atoms with Crippen LogP contribution >= 0.6 is 0 Å². The molecule has 0 saturated heterocycles. The van der Waals surface area contributed by atoms with Gasteiger partial charge < -0.3 is 10.6 Å². The second-order valence-electron chi connectivity index (χ2n) is 5.90. The zero-order chi connectivity index (χ0) is 19.0. The van der Waals surface area contributed by atoms with Gasteiger partial charge in [0.15, 0.2) is 0 Å². The van der Waals surface area contributed by atoms with E-state index in [4.69, 9.17) is 5.14 Å². The Balaban J connectivity index is 1.88. The number of pyridine rings is 1. The molecule has 0 fully saturated rings. The minimum atomic E-state index is -3.67. The summed E-state index contributed by atoms with van der Waals surface area (Å²) in [5, 5.41) is 11.1. The van der Waals surface area contributed by atoms with Gasteiger partial charge in [-0.2, -0.15) is 0 Å². The van der Waals surface area contributed by atoms with E-state index in [0.717, 1.165) is 18.4 Å². The van der Waals surface area contributed by atoms with Gasteiger partial charge in [0.25, 0.3) is 5.91 Å². The number of sulfonamides is 1. The molecular weight excluding hydrogens is 352 g/mol. The predicted octanol–water partition coefficient (Wildman–Crippen LogP) is 1.91. The fraction of sp³-hybridized carbons (Fsp3) is 0.333. The third kappa shape index (κ3) is 6.12. The molecule has 1 amide bonds. The third-order valence-corrected chi connectivity index (χ3v) is 4.74. The highest BCUT2D eigenvalue weighted by Gasteiger charge is 2.08. The molecule has 0 atom stereocenters. The summed E-state index contributed by atoms with van der Waals surface area (Å²) >= 11 is 0. The molecule has 2 rings (SSSR count). The van der Waals surface area contributed by atoms with Gasteiger partial charge in [-0.25, -0.2) is 18.5 Å². The number of carbonyl (C=O) groups excluding carboxylic acids is 1. The fourth-order valence-electron chi connectivity index (χ4n) is 2.33. The molecule has 0 aliphatic rings. The SMILES string of the molecule is CCCCNC(=O)c1ccnc(NCCc2ccc(S(N)(=O)=O)cc2)c1. The highest BCUT2D eigenvalue weighted by Crippen LogP contribution is 2.11. The van der Waals surface area contributed by atoms with E-state index in [-0.39, 0.29) is 10.8 Å². The lowest BCUT2D eigenvalue weighted by molar-refractivity contribution is 0.0953. The largest absolute Gasteiger partial charge is 0.370 e. The maximum Gasteiger partial charge on any atom is 0.251 e. The van der Waals surface area contributed by atoms with Crippen LogP contribution in [0.2, 0.25) is 0 Å². The number of carbonyl (C=O) groups is 1. The first kappa shape index (κ1) is 19.9. The summed E-state index contributed by atoms with van der Waals surface area (Å²) in [6, 6.07) is 9.83. The van der Waals surface area contributed by atoms with Crippen LogP contribution < -0.4 is 15.8 Å². The van der Waals surface area contributed by atoms with Crippen molar-refractivity contribution in [1.29, 1.82) is 0 Å². The van der Waals surface area contributed by atoms with E-state index in [1.165, 1.54) is 12.1 Å². The monoisotopic (exact) mass is 376 g/mol. The lowest BCUT2D eigenvalue weighted by Gasteiger charge is -2.08. The van der Waals surface area contributed by atoms with Gasteiger partial charge in [-0.3, -0.25) is 4.79 Å². The minimum absolute atomic E-state index is 0.0951. The highest BCUT2D eigenvalue weighted by molar-refractivity contribution is 7.89. The lowest BCUT2D eigenvalue weighted by Crippen LogP contribution is -2.24. The Kier molecular flexibility index (Phi) is 7.11. The number of hydrogen-bond donors (Lipinski definition) is 3. The van der Waals surface area contributed by atoms with Gasteiger partial charge in [0.05, 0.1) is 4.90 Å². The van der Waals surface area contributed by atoms with Gasteiger partial charge in [-0.05, 0) is 42.7 Å². The molecule has 4 N–H and O–H groups in total. The second-order valence-corrected chi connectivity index (χ2v) is 7.47. The third-order valence-electron chi connectivity index (χ3n) is 3.81. The van der Waals surface area contributed by atoms with Crippen molar-refractivity contribution in [2.45, 2.75) is 31.1 Å². The molecule has 1 heterocycles. The van der Waals surface area contributed by atoms with Crippen LogP contribution in [0.15, 0.2) is 47.5 Å². The van der Waals surface area contributed by atoms with Gasteiger partial charge >= 0.3 is 0 Å². The van der Waals surface area contributed by atoms with Crippen molar-refractivity contribution in [3.63, 3.8) is 0 Å². The number of rotatable bonds is 9. The Morgan fingerprint density at radius 3 is 2.54 bits per heavy atom. The van der Waals surface area contributed by atoms with Crippen LogP contribution in [0.3, 0.4) is 0 Å². The lowest BCUT2D eigenvalue weighted by atomic mass is 10.1. The predicted molar refractivity (Wildman–Crippen MR) is 101 cm³/mol. The maximum absolute atomic E-state index is 12.1. The van der Waals surface area contributed by atoms with E-state index in [0.29, 0.717) is 30.9 Å². The van der Waals surface area contributed by atoms with Crippen molar-refractivity contribution >= 4 is 21.7 Å². The van der Waals surface area contributed by atoms with Gasteiger partial charge in [-0.15, -0.1) is 0 Å². The van der Waals surface area contributed by atoms with Crippen LogP contribution in [0.1, 0.15) is 35.7 Å². The van der Waals surface area contributed by atoms with Gasteiger partial charge in [0.1, 0.15) is 5.82 Å². The zero-order valence-corrected chi connectivity index (χ0v) is 15.6. The molecule has 140 valence electrons. The molecule has 0 saturated carbocycles. The van der Waals surface area contributed by atoms with E-state index in [1.807, 2.05) is 0 Å². The number of primary sulfonamides is 1. The molecule has 7 nitrogen and oxygen atoms in total. The maximum atomic E-state index is 12.1. The minimum Gasteiger partial charge on any atom is -0.370 e. The smallest absolute Gasteiger partial charge is 0.251 e. The standard InChI is InChI=1S/C18H24N4O3S/c1-2-3-10-22-18(23)15-9-12-21-17(13-15)20-11-8-14-4-6-16(7-5-14)26(19,24)25/h4-7,9,12-13H,2-3,8,10-11H2,1H3,(H,20,21)(H,22,23)(H2,19,24,25). The first-order valence-electron chi connectivity index (χ1n) is 8.50. The summed E-state index contributed by atoms with van der Waals surface area (Å²) in [4.78, 5) is 16.4. The number of benzene rings is 1. The van der Waals surface area contributed by atoms with E-state index in [9.17, 15) is 13.2 Å². The van der Waals surface area contributed by atoms with Gasteiger partial charge in [-0.1, -0.05) is 25.5 Å². The van der Waals surface area contributed by atoms with E-state index < -0.39 is 10.0 Å². The number of aromatic nitrogens is 1. The molecule has 0 bridgehead atoms. The van der Waals surface area contributed by atoms with Gasteiger partial charge in [0, 0.05) is 24.8 Å². The van der Waals surface area contributed by atoms with Crippen LogP contribution in [0.5, 0.6) is 0 Å².